The summed E-state index contributed by atoms with van der Waals surface area (Å²) in [7, 11) is 0. The molecule has 0 radical (unpaired) electrons. The number of aliphatic hydroxyl groups is 2. The van der Waals surface area contributed by atoms with Crippen molar-refractivity contribution in [3.05, 3.63) is 70.3 Å². The zero-order valence-corrected chi connectivity index (χ0v) is 18.9. The van der Waals surface area contributed by atoms with Gasteiger partial charge in [-0.25, -0.2) is 8.78 Å². The van der Waals surface area contributed by atoms with Gasteiger partial charge in [-0.2, -0.15) is 0 Å². The monoisotopic (exact) mass is 442 g/mol. The molecule has 174 valence electrons. The van der Waals surface area contributed by atoms with Gasteiger partial charge in [0.05, 0.1) is 0 Å². The van der Waals surface area contributed by atoms with Gasteiger partial charge in [-0.15, -0.1) is 0 Å². The summed E-state index contributed by atoms with van der Waals surface area (Å²) in [5, 5.41) is 22.6. The third-order valence-corrected chi connectivity index (χ3v) is 7.62. The van der Waals surface area contributed by atoms with Crippen molar-refractivity contribution in [2.75, 3.05) is 0 Å². The number of halogens is 2. The normalized spacial score (nSPS) is 21.0. The highest BCUT2D eigenvalue weighted by molar-refractivity contribution is 5.38. The van der Waals surface area contributed by atoms with E-state index in [4.69, 9.17) is 0 Å². The number of aliphatic hydroxyl groups excluding tert-OH is 2. The number of benzene rings is 2. The summed E-state index contributed by atoms with van der Waals surface area (Å²) in [6.07, 6.45) is 10.7. The molecular formula is C28H36F2O2. The minimum absolute atomic E-state index is 0.194. The van der Waals surface area contributed by atoms with E-state index >= 15 is 0 Å². The molecule has 2 aliphatic carbocycles. The number of hydrogen-bond donors (Lipinski definition) is 2. The minimum Gasteiger partial charge on any atom is -0.385 e. The molecule has 2 fully saturated rings. The van der Waals surface area contributed by atoms with Crippen LogP contribution in [0.2, 0.25) is 0 Å². The molecule has 0 aromatic heterocycles. The van der Waals surface area contributed by atoms with Gasteiger partial charge in [0.25, 0.3) is 0 Å². The Hall–Kier alpha value is -1.78. The Morgan fingerprint density at radius 2 is 0.906 bits per heavy atom. The van der Waals surface area contributed by atoms with Crippen LogP contribution in [0.3, 0.4) is 0 Å². The van der Waals surface area contributed by atoms with Gasteiger partial charge in [0.15, 0.2) is 0 Å². The first-order chi connectivity index (χ1) is 15.5. The van der Waals surface area contributed by atoms with Crippen LogP contribution in [0.15, 0.2) is 36.4 Å². The molecule has 0 spiro atoms. The lowest BCUT2D eigenvalue weighted by Crippen LogP contribution is -2.17. The van der Waals surface area contributed by atoms with Crippen molar-refractivity contribution in [2.24, 2.45) is 0 Å². The predicted molar refractivity (Wildman–Crippen MR) is 124 cm³/mol. The first kappa shape index (κ1) is 23.4. The molecule has 0 aliphatic heterocycles. The third kappa shape index (κ3) is 5.40. The molecule has 0 bridgehead atoms. The second-order valence-electron chi connectivity index (χ2n) is 9.81. The van der Waals surface area contributed by atoms with Gasteiger partial charge < -0.3 is 10.2 Å². The number of hydrogen-bond acceptors (Lipinski definition) is 2. The average Bonchev–Trinajstić information content (AvgIpc) is 3.23. The van der Waals surface area contributed by atoms with E-state index in [2.05, 4.69) is 0 Å². The second kappa shape index (κ2) is 10.9. The van der Waals surface area contributed by atoms with E-state index in [-0.39, 0.29) is 23.5 Å². The van der Waals surface area contributed by atoms with Gasteiger partial charge in [0.2, 0.25) is 0 Å². The average molecular weight is 443 g/mol. The Balaban J connectivity index is 1.66. The molecule has 2 N–H and O–H groups in total. The largest absolute Gasteiger partial charge is 0.385 e. The van der Waals surface area contributed by atoms with Gasteiger partial charge in [0.1, 0.15) is 23.8 Å². The van der Waals surface area contributed by atoms with E-state index in [9.17, 15) is 19.0 Å². The van der Waals surface area contributed by atoms with Gasteiger partial charge >= 0.3 is 0 Å². The summed E-state index contributed by atoms with van der Waals surface area (Å²) in [6, 6.07) is 9.05. The van der Waals surface area contributed by atoms with Crippen LogP contribution in [0.4, 0.5) is 8.78 Å². The minimum atomic E-state index is -1.18. The molecule has 4 heteroatoms. The fourth-order valence-electron chi connectivity index (χ4n) is 5.86. The molecule has 0 saturated heterocycles. The molecular weight excluding hydrogens is 406 g/mol. The van der Waals surface area contributed by atoms with Crippen molar-refractivity contribution >= 4 is 0 Å². The van der Waals surface area contributed by atoms with E-state index in [0.29, 0.717) is 11.1 Å². The highest BCUT2D eigenvalue weighted by Crippen LogP contribution is 2.42. The van der Waals surface area contributed by atoms with Crippen molar-refractivity contribution in [3.63, 3.8) is 0 Å². The van der Waals surface area contributed by atoms with Crippen LogP contribution in [0.1, 0.15) is 123 Å². The molecule has 2 aromatic rings. The van der Waals surface area contributed by atoms with Crippen LogP contribution in [-0.4, -0.2) is 10.2 Å². The summed E-state index contributed by atoms with van der Waals surface area (Å²) >= 11 is 0. The number of rotatable bonds is 5. The van der Waals surface area contributed by atoms with Crippen LogP contribution in [-0.2, 0) is 0 Å². The molecule has 0 heterocycles. The predicted octanol–water partition coefficient (Wildman–Crippen LogP) is 7.61. The summed E-state index contributed by atoms with van der Waals surface area (Å²) in [4.78, 5) is 0. The Morgan fingerprint density at radius 1 is 0.562 bits per heavy atom. The van der Waals surface area contributed by atoms with Gasteiger partial charge in [-0.05, 0) is 84.0 Å². The zero-order valence-electron chi connectivity index (χ0n) is 18.9. The van der Waals surface area contributed by atoms with Crippen molar-refractivity contribution in [3.8, 4) is 0 Å². The summed E-state index contributed by atoms with van der Waals surface area (Å²) in [5.74, 6) is -0.231. The lowest BCUT2D eigenvalue weighted by molar-refractivity contribution is 0.0156. The maximum Gasteiger partial charge on any atom is 0.123 e. The standard InChI is InChI=1S/C28H36F2O2/c29-21-13-15-23(25(17-21)19-9-5-1-2-6-10-19)27(31)28(32)24-16-14-22(30)18-26(24)20-11-7-3-4-8-12-20/h13-20,27-28,31-32H,1-12H2/t27-,28-/m1/s1. The van der Waals surface area contributed by atoms with Gasteiger partial charge in [-0.1, -0.05) is 63.5 Å². The van der Waals surface area contributed by atoms with Crippen molar-refractivity contribution in [2.45, 2.75) is 101 Å². The highest BCUT2D eigenvalue weighted by atomic mass is 19.1. The van der Waals surface area contributed by atoms with Gasteiger partial charge in [-0.3, -0.25) is 0 Å². The topological polar surface area (TPSA) is 40.5 Å². The Kier molecular flexibility index (Phi) is 7.96. The fraction of sp³-hybridized carbons (Fsp3) is 0.571. The quantitative estimate of drug-likeness (QED) is 0.468. The summed E-state index contributed by atoms with van der Waals surface area (Å²) in [6.45, 7) is 0. The Morgan fingerprint density at radius 3 is 1.25 bits per heavy atom. The Bertz CT molecular complexity index is 807. The Labute approximate surface area is 190 Å². The van der Waals surface area contributed by atoms with E-state index in [1.54, 1.807) is 12.1 Å². The summed E-state index contributed by atoms with van der Waals surface area (Å²) in [5.41, 5.74) is 2.83. The maximum atomic E-state index is 14.2. The molecule has 32 heavy (non-hydrogen) atoms. The first-order valence-electron chi connectivity index (χ1n) is 12.5. The zero-order chi connectivity index (χ0) is 22.5. The molecule has 0 unspecified atom stereocenters. The fourth-order valence-corrected chi connectivity index (χ4v) is 5.86. The maximum absolute atomic E-state index is 14.2. The van der Waals surface area contributed by atoms with Crippen LogP contribution in [0.25, 0.3) is 0 Å². The van der Waals surface area contributed by atoms with Crippen LogP contribution >= 0.6 is 0 Å². The molecule has 2 nitrogen and oxygen atoms in total. The smallest absolute Gasteiger partial charge is 0.123 e. The van der Waals surface area contributed by atoms with E-state index in [1.807, 2.05) is 0 Å². The van der Waals surface area contributed by atoms with Gasteiger partial charge in [0, 0.05) is 0 Å². The first-order valence-corrected chi connectivity index (χ1v) is 12.5. The van der Waals surface area contributed by atoms with Crippen LogP contribution in [0.5, 0.6) is 0 Å². The van der Waals surface area contributed by atoms with E-state index in [0.717, 1.165) is 62.5 Å². The molecule has 0 amide bonds. The molecule has 2 aromatic carbocycles. The van der Waals surface area contributed by atoms with Crippen molar-refractivity contribution < 1.29 is 19.0 Å². The van der Waals surface area contributed by atoms with E-state index in [1.165, 1.54) is 49.9 Å². The molecule has 2 atom stereocenters. The van der Waals surface area contributed by atoms with Crippen molar-refractivity contribution in [1.29, 1.82) is 0 Å². The molecule has 4 rings (SSSR count). The van der Waals surface area contributed by atoms with Crippen LogP contribution in [0, 0.1) is 11.6 Å². The second-order valence-corrected chi connectivity index (χ2v) is 9.81. The van der Waals surface area contributed by atoms with Crippen LogP contribution < -0.4 is 0 Å². The SMILES string of the molecule is O[C@H](c1ccc(F)cc1C1CCCCCC1)[C@H](O)c1ccc(F)cc1C1CCCCCC1. The lowest BCUT2D eigenvalue weighted by atomic mass is 9.82. The lowest BCUT2D eigenvalue weighted by Gasteiger charge is -2.28. The molecule has 2 aliphatic rings. The summed E-state index contributed by atoms with van der Waals surface area (Å²) < 4.78 is 28.4. The van der Waals surface area contributed by atoms with Crippen molar-refractivity contribution in [1.82, 2.24) is 0 Å². The third-order valence-electron chi connectivity index (χ3n) is 7.62. The van der Waals surface area contributed by atoms with E-state index < -0.39 is 12.2 Å². The molecule has 2 saturated carbocycles. The highest BCUT2D eigenvalue weighted by Gasteiger charge is 2.30.